The number of nitrogens with zero attached hydrogens (tertiary/aromatic N) is 5. The molecule has 0 fully saturated rings. The van der Waals surface area contributed by atoms with Crippen molar-refractivity contribution in [2.45, 2.75) is 0 Å². The summed E-state index contributed by atoms with van der Waals surface area (Å²) < 4.78 is 28.7. The molecule has 19 rings (SSSR count). The number of fused-ring (bicyclic) bond motifs is 12. The van der Waals surface area contributed by atoms with Crippen LogP contribution in [0, 0.1) is 0 Å². The van der Waals surface area contributed by atoms with Crippen molar-refractivity contribution < 1.29 is 18.9 Å². The van der Waals surface area contributed by atoms with Gasteiger partial charge in [-0.25, -0.2) is 0 Å². The van der Waals surface area contributed by atoms with E-state index in [9.17, 15) is 0 Å². The zero-order valence-corrected chi connectivity index (χ0v) is 47.8. The standard InChI is InChI=1S/C78H49B2N5O4/c1-7-24-50(25-8-1)81(51-26-9-2-10-27-51)56-42-66-76-67(43-56)84(55-34-17-6-18-35-55)64-48-71-60(46-59(64)79(76)58-36-19-20-37-62(58)83(66)54-32-15-5-16-33-54)80-61-47-73-65(85-63-38-21-22-39-68(63)86-69-40-23-41-70(87-73)78(69)85)49-72(61)89-75-45-57(44-74(88-71)77(75)80)82(52-28-11-3-12-29-52)53-30-13-4-14-31-53/h1-49H. The van der Waals surface area contributed by atoms with E-state index in [-0.39, 0.29) is 13.4 Å². The van der Waals surface area contributed by atoms with E-state index in [2.05, 4.69) is 291 Å². The Labute approximate surface area is 515 Å². The minimum atomic E-state index is -0.356. The molecule has 0 aliphatic carbocycles. The lowest BCUT2D eigenvalue weighted by atomic mass is 9.31. The molecular weight excluding hydrogens is 1090 g/mol. The van der Waals surface area contributed by atoms with Gasteiger partial charge in [-0.05, 0) is 149 Å². The van der Waals surface area contributed by atoms with E-state index in [1.54, 1.807) is 0 Å². The normalized spacial score (nSPS) is 13.4. The van der Waals surface area contributed by atoms with Crippen molar-refractivity contribution in [3.63, 3.8) is 0 Å². The van der Waals surface area contributed by atoms with Crippen molar-refractivity contribution in [1.29, 1.82) is 0 Å². The first-order valence-electron chi connectivity index (χ1n) is 30.2. The summed E-state index contributed by atoms with van der Waals surface area (Å²) in [7, 11) is 0. The molecule has 416 valence electrons. The third-order valence-corrected chi connectivity index (χ3v) is 18.2. The predicted molar refractivity (Wildman–Crippen MR) is 362 cm³/mol. The largest absolute Gasteiger partial charge is 0.458 e. The van der Waals surface area contributed by atoms with Crippen LogP contribution in [0.4, 0.5) is 85.3 Å². The van der Waals surface area contributed by atoms with E-state index >= 15 is 0 Å². The fraction of sp³-hybridized carbons (Fsp3) is 0. The molecule has 6 aliphatic rings. The molecule has 6 heterocycles. The Morgan fingerprint density at radius 3 is 1.20 bits per heavy atom. The number of para-hydroxylation sites is 10. The third kappa shape index (κ3) is 7.52. The maximum Gasteiger partial charge on any atom is 0.260 e. The smallest absolute Gasteiger partial charge is 0.260 e. The molecule has 13 aromatic carbocycles. The van der Waals surface area contributed by atoms with Crippen LogP contribution in [-0.2, 0) is 0 Å². The van der Waals surface area contributed by atoms with Crippen LogP contribution in [0.1, 0.15) is 0 Å². The van der Waals surface area contributed by atoms with Gasteiger partial charge < -0.3 is 38.5 Å². The van der Waals surface area contributed by atoms with Crippen molar-refractivity contribution in [1.82, 2.24) is 0 Å². The Hall–Kier alpha value is -11.8. The molecule has 0 unspecified atom stereocenters. The monoisotopic (exact) mass is 1140 g/mol. The van der Waals surface area contributed by atoms with Crippen LogP contribution in [0.2, 0.25) is 0 Å². The summed E-state index contributed by atoms with van der Waals surface area (Å²) in [5.41, 5.74) is 21.6. The Kier molecular flexibility index (Phi) is 10.8. The van der Waals surface area contributed by atoms with Gasteiger partial charge in [0.2, 0.25) is 0 Å². The summed E-state index contributed by atoms with van der Waals surface area (Å²) in [5, 5.41) is 0. The Balaban J connectivity index is 0.881. The summed E-state index contributed by atoms with van der Waals surface area (Å²) in [6.07, 6.45) is 0. The van der Waals surface area contributed by atoms with Crippen molar-refractivity contribution in [3.05, 3.63) is 297 Å². The molecule has 0 saturated heterocycles. The van der Waals surface area contributed by atoms with Crippen LogP contribution in [0.3, 0.4) is 0 Å². The molecule has 0 atom stereocenters. The van der Waals surface area contributed by atoms with Gasteiger partial charge in [0, 0.05) is 86.6 Å². The first kappa shape index (κ1) is 49.5. The molecule has 0 spiro atoms. The molecule has 0 amide bonds. The Morgan fingerprint density at radius 1 is 0.225 bits per heavy atom. The average Bonchev–Trinajstić information content (AvgIpc) is 0.790. The average molecular weight is 1140 g/mol. The molecule has 0 N–H and O–H groups in total. The molecule has 6 aliphatic heterocycles. The van der Waals surface area contributed by atoms with Crippen LogP contribution in [0.5, 0.6) is 46.0 Å². The van der Waals surface area contributed by atoms with E-state index < -0.39 is 0 Å². The number of benzene rings is 13. The van der Waals surface area contributed by atoms with Crippen LogP contribution in [0.15, 0.2) is 297 Å². The second-order valence-corrected chi connectivity index (χ2v) is 23.2. The zero-order valence-electron chi connectivity index (χ0n) is 47.8. The highest BCUT2D eigenvalue weighted by atomic mass is 16.5. The molecule has 0 bridgehead atoms. The lowest BCUT2D eigenvalue weighted by Crippen LogP contribution is -2.64. The van der Waals surface area contributed by atoms with Gasteiger partial charge in [-0.2, -0.15) is 0 Å². The van der Waals surface area contributed by atoms with E-state index in [1.807, 2.05) is 30.3 Å². The fourth-order valence-electron chi connectivity index (χ4n) is 14.6. The van der Waals surface area contributed by atoms with Gasteiger partial charge >= 0.3 is 0 Å². The van der Waals surface area contributed by atoms with Crippen molar-refractivity contribution >= 4 is 132 Å². The highest BCUT2D eigenvalue weighted by Crippen LogP contribution is 2.60. The maximum absolute atomic E-state index is 7.62. The van der Waals surface area contributed by atoms with Crippen LogP contribution < -0.4 is 76.2 Å². The van der Waals surface area contributed by atoms with Gasteiger partial charge in [0.1, 0.15) is 28.7 Å². The number of ether oxygens (including phenoxy) is 4. The predicted octanol–water partition coefficient (Wildman–Crippen LogP) is 17.1. The second-order valence-electron chi connectivity index (χ2n) is 23.2. The van der Waals surface area contributed by atoms with Gasteiger partial charge in [-0.15, -0.1) is 0 Å². The van der Waals surface area contributed by atoms with Crippen molar-refractivity contribution in [2.75, 3.05) is 24.5 Å². The second kappa shape index (κ2) is 19.4. The molecule has 0 saturated carbocycles. The van der Waals surface area contributed by atoms with Crippen molar-refractivity contribution in [2.24, 2.45) is 0 Å². The third-order valence-electron chi connectivity index (χ3n) is 18.2. The van der Waals surface area contributed by atoms with Crippen LogP contribution in [-0.4, -0.2) is 13.4 Å². The first-order chi connectivity index (χ1) is 44.1. The number of hydrogen-bond donors (Lipinski definition) is 0. The molecule has 0 radical (unpaired) electrons. The summed E-state index contributed by atoms with van der Waals surface area (Å²) in [6, 6.07) is 106. The highest BCUT2D eigenvalue weighted by Gasteiger charge is 2.49. The van der Waals surface area contributed by atoms with Gasteiger partial charge in [0.15, 0.2) is 23.0 Å². The summed E-state index contributed by atoms with van der Waals surface area (Å²) in [4.78, 5) is 11.9. The molecular formula is C78H49B2N5O4. The topological polar surface area (TPSA) is 53.1 Å². The number of anilines is 15. The Morgan fingerprint density at radius 2 is 0.640 bits per heavy atom. The minimum absolute atomic E-state index is 0.209. The summed E-state index contributed by atoms with van der Waals surface area (Å²) in [5.74, 6) is 5.82. The molecule has 0 aromatic heterocycles. The maximum atomic E-state index is 7.62. The number of hydrogen-bond acceptors (Lipinski definition) is 9. The van der Waals surface area contributed by atoms with Gasteiger partial charge in [0.25, 0.3) is 13.4 Å². The fourth-order valence-corrected chi connectivity index (χ4v) is 14.6. The lowest BCUT2D eigenvalue weighted by molar-refractivity contribution is 0.442. The lowest BCUT2D eigenvalue weighted by Gasteiger charge is -2.45. The van der Waals surface area contributed by atoms with Gasteiger partial charge in [-0.3, -0.25) is 4.90 Å². The highest BCUT2D eigenvalue weighted by molar-refractivity contribution is 7.02. The zero-order chi connectivity index (χ0) is 58.3. The quantitative estimate of drug-likeness (QED) is 0.139. The van der Waals surface area contributed by atoms with Crippen molar-refractivity contribution in [3.8, 4) is 46.0 Å². The van der Waals surface area contributed by atoms with Gasteiger partial charge in [0.05, 0.1) is 22.7 Å². The van der Waals surface area contributed by atoms with Crippen LogP contribution in [0.25, 0.3) is 0 Å². The summed E-state index contributed by atoms with van der Waals surface area (Å²) in [6.45, 7) is -0.565. The molecule has 11 heteroatoms. The summed E-state index contributed by atoms with van der Waals surface area (Å²) >= 11 is 0. The van der Waals surface area contributed by atoms with E-state index in [1.165, 1.54) is 10.9 Å². The molecule has 89 heavy (non-hydrogen) atoms. The van der Waals surface area contributed by atoms with E-state index in [0.717, 1.165) is 130 Å². The first-order valence-corrected chi connectivity index (χ1v) is 30.2. The van der Waals surface area contributed by atoms with Gasteiger partial charge in [-0.1, -0.05) is 152 Å². The minimum Gasteiger partial charge on any atom is -0.458 e. The van der Waals surface area contributed by atoms with E-state index in [0.29, 0.717) is 23.0 Å². The SMILES string of the molecule is c1ccc(N(c2ccccc2)c2cc3c4c(c2)Oc2cc5c(cc2B4c2cc4c(cc2O3)N2c3ccccc3Oc3cccc(c32)O4)B2c3ccccc3N(c3ccccc3)c3cc(N(c4ccccc4)c4ccccc4)cc(c32)N5c2ccccc2)cc1. The Bertz CT molecular complexity index is 4950. The van der Waals surface area contributed by atoms with E-state index in [4.69, 9.17) is 18.9 Å². The van der Waals surface area contributed by atoms with Crippen LogP contribution >= 0.6 is 0 Å². The molecule has 9 nitrogen and oxygen atoms in total. The molecule has 13 aromatic rings. The number of rotatable bonds is 8.